The van der Waals surface area contributed by atoms with Gasteiger partial charge in [-0.15, -0.1) is 0 Å². The summed E-state index contributed by atoms with van der Waals surface area (Å²) in [6, 6.07) is 6.32. The summed E-state index contributed by atoms with van der Waals surface area (Å²) in [4.78, 5) is 0. The fraction of sp³-hybridized carbons (Fsp3) is 0.500. The average Bonchev–Trinajstić information content (AvgIpc) is 2.30. The zero-order valence-electron chi connectivity index (χ0n) is 9.03. The third-order valence-electron chi connectivity index (χ3n) is 2.86. The van der Waals surface area contributed by atoms with Crippen LogP contribution in [0.2, 0.25) is 0 Å². The molecule has 1 fully saturated rings. The highest BCUT2D eigenvalue weighted by atomic mass is 19.1. The molecule has 0 spiro atoms. The highest BCUT2D eigenvalue weighted by Crippen LogP contribution is 2.18. The molecule has 3 nitrogen and oxygen atoms in total. The van der Waals surface area contributed by atoms with Crippen LogP contribution >= 0.6 is 0 Å². The van der Waals surface area contributed by atoms with Gasteiger partial charge in [-0.25, -0.2) is 4.39 Å². The summed E-state index contributed by atoms with van der Waals surface area (Å²) in [7, 11) is 0. The molecule has 1 aromatic rings. The Morgan fingerprint density at radius 3 is 3.00 bits per heavy atom. The zero-order valence-corrected chi connectivity index (χ0v) is 9.03. The van der Waals surface area contributed by atoms with E-state index in [4.69, 9.17) is 4.74 Å². The van der Waals surface area contributed by atoms with Crippen LogP contribution in [0, 0.1) is 11.7 Å². The van der Waals surface area contributed by atoms with Crippen molar-refractivity contribution in [2.24, 2.45) is 5.92 Å². The highest BCUT2D eigenvalue weighted by molar-refractivity contribution is 5.23. The molecule has 88 valence electrons. The van der Waals surface area contributed by atoms with E-state index in [1.165, 1.54) is 6.07 Å². The van der Waals surface area contributed by atoms with Crippen molar-refractivity contribution < 1.29 is 14.2 Å². The topological polar surface area (TPSA) is 41.5 Å². The number of hydrogen-bond acceptors (Lipinski definition) is 3. The molecule has 2 N–H and O–H groups in total. The quantitative estimate of drug-likeness (QED) is 0.811. The zero-order chi connectivity index (χ0) is 11.4. The highest BCUT2D eigenvalue weighted by Gasteiger charge is 2.23. The predicted molar refractivity (Wildman–Crippen MR) is 58.9 cm³/mol. The predicted octanol–water partition coefficient (Wildman–Crippen LogP) is 1.17. The molecule has 1 aliphatic rings. The molecular formula is C12H16FNO2. The molecule has 16 heavy (non-hydrogen) atoms. The summed E-state index contributed by atoms with van der Waals surface area (Å²) < 4.78 is 18.6. The van der Waals surface area contributed by atoms with E-state index in [-0.39, 0.29) is 23.6 Å². The summed E-state index contributed by atoms with van der Waals surface area (Å²) in [5, 5.41) is 12.9. The Labute approximate surface area is 94.2 Å². The normalized spacial score (nSPS) is 25.4. The van der Waals surface area contributed by atoms with Gasteiger partial charge >= 0.3 is 0 Å². The Balaban J connectivity index is 1.89. The van der Waals surface area contributed by atoms with Gasteiger partial charge in [0.15, 0.2) is 11.6 Å². The lowest BCUT2D eigenvalue weighted by Crippen LogP contribution is -2.42. The molecule has 2 rings (SSSR count). The number of para-hydroxylation sites is 1. The van der Waals surface area contributed by atoms with Crippen LogP contribution in [-0.4, -0.2) is 30.9 Å². The molecule has 1 heterocycles. The van der Waals surface area contributed by atoms with Gasteiger partial charge in [0.2, 0.25) is 0 Å². The van der Waals surface area contributed by atoms with Gasteiger partial charge in [-0.2, -0.15) is 0 Å². The van der Waals surface area contributed by atoms with Crippen LogP contribution in [0.15, 0.2) is 24.3 Å². The second-order valence-corrected chi connectivity index (χ2v) is 4.06. The average molecular weight is 225 g/mol. The Kier molecular flexibility index (Phi) is 3.74. The second kappa shape index (κ2) is 5.27. The van der Waals surface area contributed by atoms with Crippen molar-refractivity contribution in [3.8, 4) is 5.75 Å². The summed E-state index contributed by atoms with van der Waals surface area (Å²) in [5.74, 6) is -0.0746. The molecule has 1 aromatic carbocycles. The Morgan fingerprint density at radius 1 is 1.44 bits per heavy atom. The first-order chi connectivity index (χ1) is 7.77. The van der Waals surface area contributed by atoms with Gasteiger partial charge in [-0.1, -0.05) is 12.1 Å². The van der Waals surface area contributed by atoms with Gasteiger partial charge in [0, 0.05) is 12.5 Å². The number of aliphatic hydroxyl groups excluding tert-OH is 1. The number of hydrogen-bond donors (Lipinski definition) is 2. The minimum Gasteiger partial charge on any atom is -0.490 e. The Bertz CT molecular complexity index is 346. The lowest BCUT2D eigenvalue weighted by molar-refractivity contribution is 0.0501. The molecule has 0 radical (unpaired) electrons. The van der Waals surface area contributed by atoms with Crippen molar-refractivity contribution >= 4 is 0 Å². The van der Waals surface area contributed by atoms with Crippen molar-refractivity contribution in [3.63, 3.8) is 0 Å². The molecule has 4 heteroatoms. The number of ether oxygens (including phenoxy) is 1. The molecular weight excluding hydrogens is 209 g/mol. The summed E-state index contributed by atoms with van der Waals surface area (Å²) >= 11 is 0. The first kappa shape index (κ1) is 11.4. The molecule has 0 saturated carbocycles. The lowest BCUT2D eigenvalue weighted by Gasteiger charge is -2.28. The third kappa shape index (κ3) is 2.71. The van der Waals surface area contributed by atoms with Crippen LogP contribution < -0.4 is 10.1 Å². The van der Waals surface area contributed by atoms with E-state index in [1.54, 1.807) is 18.2 Å². The van der Waals surface area contributed by atoms with E-state index in [0.29, 0.717) is 6.61 Å². The smallest absolute Gasteiger partial charge is 0.165 e. The van der Waals surface area contributed by atoms with Crippen LogP contribution in [-0.2, 0) is 0 Å². The Morgan fingerprint density at radius 2 is 2.25 bits per heavy atom. The monoisotopic (exact) mass is 225 g/mol. The van der Waals surface area contributed by atoms with Crippen LogP contribution in [0.4, 0.5) is 4.39 Å². The minimum atomic E-state index is -0.360. The molecule has 1 saturated heterocycles. The molecule has 2 atom stereocenters. The van der Waals surface area contributed by atoms with E-state index >= 15 is 0 Å². The van der Waals surface area contributed by atoms with Crippen LogP contribution in [0.25, 0.3) is 0 Å². The largest absolute Gasteiger partial charge is 0.490 e. The number of aliphatic hydroxyl groups is 1. The first-order valence-electron chi connectivity index (χ1n) is 5.53. The first-order valence-corrected chi connectivity index (χ1v) is 5.53. The maximum atomic E-state index is 13.2. The number of benzene rings is 1. The number of nitrogens with one attached hydrogen (secondary N) is 1. The maximum absolute atomic E-state index is 13.2. The van der Waals surface area contributed by atoms with Crippen molar-refractivity contribution in [1.29, 1.82) is 0 Å². The number of halogens is 1. The van der Waals surface area contributed by atoms with Crippen LogP contribution in [0.5, 0.6) is 5.75 Å². The summed E-state index contributed by atoms with van der Waals surface area (Å²) in [6.45, 7) is 1.89. The van der Waals surface area contributed by atoms with E-state index in [9.17, 15) is 9.50 Å². The van der Waals surface area contributed by atoms with Crippen molar-refractivity contribution in [2.75, 3.05) is 19.7 Å². The molecule has 0 aromatic heterocycles. The number of rotatable bonds is 3. The van der Waals surface area contributed by atoms with E-state index in [0.717, 1.165) is 19.5 Å². The second-order valence-electron chi connectivity index (χ2n) is 4.06. The van der Waals surface area contributed by atoms with Crippen LogP contribution in [0.1, 0.15) is 6.42 Å². The minimum absolute atomic E-state index is 0.0355. The van der Waals surface area contributed by atoms with Gasteiger partial charge in [-0.3, -0.25) is 0 Å². The lowest BCUT2D eigenvalue weighted by atomic mass is 9.97. The van der Waals surface area contributed by atoms with Gasteiger partial charge in [0.1, 0.15) is 0 Å². The van der Waals surface area contributed by atoms with Crippen molar-refractivity contribution in [1.82, 2.24) is 5.32 Å². The Hall–Kier alpha value is -1.13. The molecule has 0 bridgehead atoms. The summed E-state index contributed by atoms with van der Waals surface area (Å²) in [5.41, 5.74) is 0. The van der Waals surface area contributed by atoms with Crippen molar-refractivity contribution in [3.05, 3.63) is 30.1 Å². The van der Waals surface area contributed by atoms with Gasteiger partial charge < -0.3 is 15.2 Å². The maximum Gasteiger partial charge on any atom is 0.165 e. The SMILES string of the molecule is OC1CCNC[C@H]1COc1ccccc1F. The third-order valence-corrected chi connectivity index (χ3v) is 2.86. The van der Waals surface area contributed by atoms with E-state index < -0.39 is 0 Å². The molecule has 1 unspecified atom stereocenters. The summed E-state index contributed by atoms with van der Waals surface area (Å²) in [6.07, 6.45) is 0.374. The van der Waals surface area contributed by atoms with Gasteiger partial charge in [-0.05, 0) is 25.1 Å². The van der Waals surface area contributed by atoms with E-state index in [2.05, 4.69) is 5.32 Å². The van der Waals surface area contributed by atoms with Gasteiger partial charge in [0.25, 0.3) is 0 Å². The standard InChI is InChI=1S/C12H16FNO2/c13-10-3-1-2-4-12(10)16-8-9-7-14-6-5-11(9)15/h1-4,9,11,14-15H,5-8H2/t9-,11?/m0/s1. The van der Waals surface area contributed by atoms with Crippen molar-refractivity contribution in [2.45, 2.75) is 12.5 Å². The molecule has 1 aliphatic heterocycles. The van der Waals surface area contributed by atoms with Gasteiger partial charge in [0.05, 0.1) is 12.7 Å². The fourth-order valence-corrected chi connectivity index (χ4v) is 1.84. The fourth-order valence-electron chi connectivity index (χ4n) is 1.84. The van der Waals surface area contributed by atoms with E-state index in [1.807, 2.05) is 0 Å². The van der Waals surface area contributed by atoms with Crippen LogP contribution in [0.3, 0.4) is 0 Å². The number of piperidine rings is 1. The molecule has 0 aliphatic carbocycles. The molecule has 0 amide bonds.